The SMILES string of the molecule is CC[C@@H]1OC(=O)[C@H](C)[C@H](O[C@H]2C[C@@](C)(OC)[C@@H](OC(=O)/C=C/c3cnc4ccccc4c3)[C@H](C)O2)[C@H](C)[C@@H](O[C@@H]2O[C@H](C)C[C@H](N(C)C)[C@H]2O)[C@@](C)(O)C[C@@H](C)NC(=O)[C@@H](C)[C@@H](O)[C@]1(C)O. The molecule has 17 heteroatoms. The van der Waals surface area contributed by atoms with Crippen molar-refractivity contribution < 1.29 is 68.0 Å². The van der Waals surface area contributed by atoms with Crippen LogP contribution in [-0.2, 0) is 47.5 Å². The highest BCUT2D eigenvalue weighted by Crippen LogP contribution is 2.40. The largest absolute Gasteiger partial charge is 0.459 e. The standard InChI is InChI=1S/C49H75N3O14/c1-14-36-49(10,59)41(55)30(6)44(56)51-26(2)23-47(8,58)42(66-46-39(54)35(52(11)12)21-27(3)61-46)28(4)40(29(5)45(57)63-36)65-38-24-48(9,60-13)43(31(7)62-38)64-37(53)20-19-32-22-33-17-15-16-18-34(33)50-25-32/h15-20,22,25-31,35-36,38-43,46,54-55,58-59H,14,21,23-24H2,1-13H3,(H,51,56)/b20-19+/t26-,27-,28+,29-,30+,31+,35+,36+,38+,39-,40-,41-,42-,43+,46+,47+,48-,49-/m1/s1. The van der Waals surface area contributed by atoms with Gasteiger partial charge in [-0.2, -0.15) is 0 Å². The van der Waals surface area contributed by atoms with Gasteiger partial charge in [-0.25, -0.2) is 4.79 Å². The lowest BCUT2D eigenvalue weighted by Crippen LogP contribution is -2.61. The van der Waals surface area contributed by atoms with Gasteiger partial charge in [0.15, 0.2) is 18.7 Å². The summed E-state index contributed by atoms with van der Waals surface area (Å²) >= 11 is 0. The minimum atomic E-state index is -2.06. The van der Waals surface area contributed by atoms with Crippen LogP contribution in [0.15, 0.2) is 42.6 Å². The van der Waals surface area contributed by atoms with Crippen LogP contribution >= 0.6 is 0 Å². The van der Waals surface area contributed by atoms with Crippen LogP contribution < -0.4 is 5.32 Å². The monoisotopic (exact) mass is 930 g/mol. The van der Waals surface area contributed by atoms with Gasteiger partial charge in [-0.15, -0.1) is 0 Å². The number of nitrogens with one attached hydrogen (secondary N) is 1. The molecule has 0 radical (unpaired) electrons. The first kappa shape index (κ1) is 53.3. The van der Waals surface area contributed by atoms with Gasteiger partial charge >= 0.3 is 11.9 Å². The molecule has 0 unspecified atom stereocenters. The smallest absolute Gasteiger partial charge is 0.331 e. The van der Waals surface area contributed by atoms with Gasteiger partial charge in [0.05, 0.1) is 53.5 Å². The van der Waals surface area contributed by atoms with Crippen molar-refractivity contribution in [2.75, 3.05) is 21.2 Å². The van der Waals surface area contributed by atoms with E-state index < -0.39 is 114 Å². The van der Waals surface area contributed by atoms with E-state index in [0.717, 1.165) is 10.9 Å². The average Bonchev–Trinajstić information content (AvgIpc) is 3.25. The third-order valence-corrected chi connectivity index (χ3v) is 13.9. The second kappa shape index (κ2) is 21.8. The summed E-state index contributed by atoms with van der Waals surface area (Å²) in [6.07, 6.45) is -5.71. The highest BCUT2D eigenvalue weighted by molar-refractivity contribution is 5.88. The molecule has 2 aromatic rings. The number of aliphatic hydroxyl groups is 4. The van der Waals surface area contributed by atoms with E-state index in [-0.39, 0.29) is 31.4 Å². The molecule has 1 aromatic carbocycles. The fraction of sp³-hybridized carbons (Fsp3) is 0.714. The molecule has 3 aliphatic rings. The van der Waals surface area contributed by atoms with Crippen molar-refractivity contribution >= 4 is 34.8 Å². The van der Waals surface area contributed by atoms with E-state index in [2.05, 4.69) is 10.3 Å². The quantitative estimate of drug-likeness (QED) is 0.168. The number of rotatable bonds is 10. The molecular weight excluding hydrogens is 855 g/mol. The molecule has 66 heavy (non-hydrogen) atoms. The molecule has 0 saturated carbocycles. The summed E-state index contributed by atoms with van der Waals surface area (Å²) in [4.78, 5) is 47.7. The summed E-state index contributed by atoms with van der Waals surface area (Å²) in [7, 11) is 5.18. The van der Waals surface area contributed by atoms with E-state index in [9.17, 15) is 34.8 Å². The first-order chi connectivity index (χ1) is 30.8. The number of hydrogen-bond acceptors (Lipinski definition) is 16. The number of likely N-dealkylation sites (N-methyl/N-ethyl adjacent to an activating group) is 1. The molecule has 5 rings (SSSR count). The Morgan fingerprint density at radius 3 is 2.30 bits per heavy atom. The second-order valence-corrected chi connectivity index (χ2v) is 19.8. The normalized spacial score (nSPS) is 41.2. The van der Waals surface area contributed by atoms with Crippen molar-refractivity contribution in [1.29, 1.82) is 0 Å². The summed E-state index contributed by atoms with van der Waals surface area (Å²) in [6, 6.07) is 8.50. The van der Waals surface area contributed by atoms with E-state index in [1.165, 1.54) is 34.0 Å². The minimum absolute atomic E-state index is 0.0168. The molecule has 370 valence electrons. The number of amides is 1. The lowest BCUT2D eigenvalue weighted by atomic mass is 9.78. The van der Waals surface area contributed by atoms with Gasteiger partial charge in [-0.05, 0) is 106 Å². The van der Waals surface area contributed by atoms with Gasteiger partial charge in [-0.3, -0.25) is 14.6 Å². The fourth-order valence-corrected chi connectivity index (χ4v) is 9.99. The third-order valence-electron chi connectivity index (χ3n) is 13.9. The number of aromatic nitrogens is 1. The van der Waals surface area contributed by atoms with Crippen LogP contribution in [0.25, 0.3) is 17.0 Å². The maximum Gasteiger partial charge on any atom is 0.331 e. The molecule has 3 aliphatic heterocycles. The minimum Gasteiger partial charge on any atom is -0.459 e. The molecular formula is C49H75N3O14. The molecule has 1 amide bonds. The van der Waals surface area contributed by atoms with Gasteiger partial charge in [-0.1, -0.05) is 39.0 Å². The van der Waals surface area contributed by atoms with Crippen LogP contribution in [0, 0.1) is 17.8 Å². The number of cyclic esters (lactones) is 1. The molecule has 3 saturated heterocycles. The molecule has 0 aliphatic carbocycles. The van der Waals surface area contributed by atoms with Crippen molar-refractivity contribution in [3.05, 3.63) is 48.2 Å². The number of fused-ring (bicyclic) bond motifs is 1. The summed E-state index contributed by atoms with van der Waals surface area (Å²) in [6.45, 7) is 16.4. The number of ether oxygens (including phenoxy) is 7. The number of aliphatic hydroxyl groups excluding tert-OH is 2. The van der Waals surface area contributed by atoms with Crippen LogP contribution in [-0.4, -0.2) is 160 Å². The number of carbonyl (C=O) groups excluding carboxylic acids is 3. The zero-order chi connectivity index (χ0) is 49.1. The average molecular weight is 930 g/mol. The highest BCUT2D eigenvalue weighted by atomic mass is 16.7. The lowest BCUT2D eigenvalue weighted by molar-refractivity contribution is -0.318. The Bertz CT molecular complexity index is 2000. The van der Waals surface area contributed by atoms with E-state index >= 15 is 0 Å². The Morgan fingerprint density at radius 2 is 1.65 bits per heavy atom. The number of esters is 2. The van der Waals surface area contributed by atoms with Gasteiger partial charge in [0.25, 0.3) is 0 Å². The van der Waals surface area contributed by atoms with Crippen molar-refractivity contribution in [2.45, 2.75) is 185 Å². The molecule has 18 atom stereocenters. The van der Waals surface area contributed by atoms with E-state index in [1.807, 2.05) is 56.3 Å². The molecule has 0 bridgehead atoms. The first-order valence-electron chi connectivity index (χ1n) is 23.2. The second-order valence-electron chi connectivity index (χ2n) is 19.8. The Balaban J connectivity index is 1.50. The van der Waals surface area contributed by atoms with Crippen LogP contribution in [0.2, 0.25) is 0 Å². The summed E-state index contributed by atoms with van der Waals surface area (Å²) < 4.78 is 44.3. The molecule has 4 heterocycles. The van der Waals surface area contributed by atoms with Crippen LogP contribution in [0.5, 0.6) is 0 Å². The van der Waals surface area contributed by atoms with E-state index in [0.29, 0.717) is 12.0 Å². The topological polar surface area (TPSA) is 225 Å². The molecule has 1 aromatic heterocycles. The van der Waals surface area contributed by atoms with Crippen LogP contribution in [0.3, 0.4) is 0 Å². The van der Waals surface area contributed by atoms with E-state index in [1.54, 1.807) is 53.8 Å². The summed E-state index contributed by atoms with van der Waals surface area (Å²) in [5.74, 6) is -5.25. The molecule has 0 spiro atoms. The van der Waals surface area contributed by atoms with Crippen molar-refractivity contribution in [2.24, 2.45) is 17.8 Å². The third kappa shape index (κ3) is 12.1. The summed E-state index contributed by atoms with van der Waals surface area (Å²) in [5, 5.41) is 51.2. The molecule has 5 N–H and O–H groups in total. The predicted octanol–water partition coefficient (Wildman–Crippen LogP) is 3.90. The Morgan fingerprint density at radius 1 is 0.970 bits per heavy atom. The van der Waals surface area contributed by atoms with Crippen LogP contribution in [0.1, 0.15) is 100 Å². The van der Waals surface area contributed by atoms with Gasteiger partial charge in [0, 0.05) is 49.2 Å². The number of para-hydroxylation sites is 1. The number of nitrogens with zero attached hydrogens (tertiary/aromatic N) is 2. The number of carbonyl (C=O) groups is 3. The first-order valence-corrected chi connectivity index (χ1v) is 23.2. The van der Waals surface area contributed by atoms with Crippen molar-refractivity contribution in [1.82, 2.24) is 15.2 Å². The zero-order valence-corrected chi connectivity index (χ0v) is 40.9. The molecule has 3 fully saturated rings. The van der Waals surface area contributed by atoms with Crippen molar-refractivity contribution in [3.8, 4) is 0 Å². The Labute approximate surface area is 389 Å². The zero-order valence-electron chi connectivity index (χ0n) is 40.9. The molecule has 17 nitrogen and oxygen atoms in total. The highest BCUT2D eigenvalue weighted by Gasteiger charge is 2.54. The van der Waals surface area contributed by atoms with Gasteiger partial charge < -0.3 is 63.8 Å². The predicted molar refractivity (Wildman–Crippen MR) is 244 cm³/mol. The Kier molecular flexibility index (Phi) is 17.6. The fourth-order valence-electron chi connectivity index (χ4n) is 9.99. The van der Waals surface area contributed by atoms with E-state index in [4.69, 9.17) is 33.2 Å². The maximum absolute atomic E-state index is 14.5. The lowest BCUT2D eigenvalue weighted by Gasteiger charge is -2.49. The number of benzene rings is 1. The van der Waals surface area contributed by atoms with Crippen molar-refractivity contribution in [3.63, 3.8) is 0 Å². The number of hydrogen-bond donors (Lipinski definition) is 5. The Hall–Kier alpha value is -3.62. The maximum atomic E-state index is 14.5. The van der Waals surface area contributed by atoms with Gasteiger partial charge in [0.2, 0.25) is 5.91 Å². The number of pyridine rings is 1. The van der Waals surface area contributed by atoms with Crippen LogP contribution in [0.4, 0.5) is 0 Å². The van der Waals surface area contributed by atoms with Gasteiger partial charge in [0.1, 0.15) is 23.4 Å². The summed E-state index contributed by atoms with van der Waals surface area (Å²) in [5.41, 5.74) is -3.50. The number of methoxy groups -OCH3 is 1.